The molecule has 1 unspecified atom stereocenters. The summed E-state index contributed by atoms with van der Waals surface area (Å²) < 4.78 is 5.52. The van der Waals surface area contributed by atoms with Crippen LogP contribution in [0.2, 0.25) is 0 Å². The summed E-state index contributed by atoms with van der Waals surface area (Å²) in [6.07, 6.45) is 5.26. The van der Waals surface area contributed by atoms with E-state index in [0.29, 0.717) is 0 Å². The Labute approximate surface area is 99.4 Å². The second-order valence-electron chi connectivity index (χ2n) is 4.56. The third-order valence-electron chi connectivity index (χ3n) is 3.07. The summed E-state index contributed by atoms with van der Waals surface area (Å²) in [7, 11) is 0. The largest absolute Gasteiger partial charge is 0.465 e. The van der Waals surface area contributed by atoms with Gasteiger partial charge >= 0.3 is 0 Å². The minimum Gasteiger partial charge on any atom is -0.465 e. The van der Waals surface area contributed by atoms with Crippen LogP contribution in [0.5, 0.6) is 0 Å². The summed E-state index contributed by atoms with van der Waals surface area (Å²) in [6.45, 7) is 8.48. The average Bonchev–Trinajstić information content (AvgIpc) is 2.69. The Hall–Kier alpha value is -0.760. The Morgan fingerprint density at radius 3 is 2.69 bits per heavy atom. The number of nitrogens with one attached hydrogen (secondary N) is 1. The summed E-state index contributed by atoms with van der Waals surface area (Å²) in [5.41, 5.74) is 0. The lowest BCUT2D eigenvalue weighted by molar-refractivity contribution is 0.398. The van der Waals surface area contributed by atoms with Crippen LogP contribution in [-0.2, 0) is 6.54 Å². The summed E-state index contributed by atoms with van der Waals surface area (Å²) in [5, 5.41) is 3.48. The van der Waals surface area contributed by atoms with Crippen LogP contribution < -0.4 is 5.32 Å². The van der Waals surface area contributed by atoms with Crippen molar-refractivity contribution in [1.82, 2.24) is 5.32 Å². The van der Waals surface area contributed by atoms with Crippen LogP contribution in [0, 0.1) is 12.8 Å². The van der Waals surface area contributed by atoms with Crippen LogP contribution in [0.1, 0.15) is 51.1 Å². The highest BCUT2D eigenvalue weighted by molar-refractivity contribution is 5.05. The molecule has 0 bridgehead atoms. The minimum absolute atomic E-state index is 0.816. The topological polar surface area (TPSA) is 25.2 Å². The van der Waals surface area contributed by atoms with Gasteiger partial charge in [0, 0.05) is 0 Å². The van der Waals surface area contributed by atoms with Crippen LogP contribution in [0.15, 0.2) is 16.5 Å². The fourth-order valence-corrected chi connectivity index (χ4v) is 1.92. The molecule has 92 valence electrons. The van der Waals surface area contributed by atoms with Gasteiger partial charge in [-0.15, -0.1) is 0 Å². The van der Waals surface area contributed by atoms with Gasteiger partial charge in [0.1, 0.15) is 11.5 Å². The van der Waals surface area contributed by atoms with Crippen LogP contribution in [0.4, 0.5) is 0 Å². The SMILES string of the molecule is CCCCC(CC)CNCc1ccc(C)o1. The van der Waals surface area contributed by atoms with E-state index in [2.05, 4.69) is 25.2 Å². The highest BCUT2D eigenvalue weighted by Gasteiger charge is 2.05. The van der Waals surface area contributed by atoms with Gasteiger partial charge in [-0.25, -0.2) is 0 Å². The van der Waals surface area contributed by atoms with Crippen LogP contribution in [-0.4, -0.2) is 6.54 Å². The molecule has 2 nitrogen and oxygen atoms in total. The third-order valence-corrected chi connectivity index (χ3v) is 3.07. The zero-order chi connectivity index (χ0) is 11.8. The molecule has 2 heteroatoms. The van der Waals surface area contributed by atoms with Gasteiger partial charge in [-0.1, -0.05) is 33.1 Å². The Morgan fingerprint density at radius 1 is 1.31 bits per heavy atom. The summed E-state index contributed by atoms with van der Waals surface area (Å²) in [4.78, 5) is 0. The molecule has 0 saturated heterocycles. The van der Waals surface area contributed by atoms with Crippen molar-refractivity contribution in [3.05, 3.63) is 23.7 Å². The van der Waals surface area contributed by atoms with Crippen molar-refractivity contribution < 1.29 is 4.42 Å². The van der Waals surface area contributed by atoms with Crippen molar-refractivity contribution in [3.63, 3.8) is 0 Å². The molecule has 0 aromatic carbocycles. The maximum absolute atomic E-state index is 5.52. The van der Waals surface area contributed by atoms with Gasteiger partial charge in [0.05, 0.1) is 6.54 Å². The van der Waals surface area contributed by atoms with E-state index in [9.17, 15) is 0 Å². The van der Waals surface area contributed by atoms with Gasteiger partial charge in [0.25, 0.3) is 0 Å². The molecule has 1 aromatic rings. The van der Waals surface area contributed by atoms with Crippen molar-refractivity contribution in [2.45, 2.75) is 53.0 Å². The standard InChI is InChI=1S/C14H25NO/c1-4-6-7-13(5-2)10-15-11-14-9-8-12(3)16-14/h8-9,13,15H,4-7,10-11H2,1-3H3. The van der Waals surface area contributed by atoms with E-state index in [4.69, 9.17) is 4.42 Å². The lowest BCUT2D eigenvalue weighted by Crippen LogP contribution is -2.21. The third kappa shape index (κ3) is 4.84. The molecule has 0 aliphatic rings. The summed E-state index contributed by atoms with van der Waals surface area (Å²) >= 11 is 0. The quantitative estimate of drug-likeness (QED) is 0.723. The monoisotopic (exact) mass is 223 g/mol. The van der Waals surface area contributed by atoms with Crippen molar-refractivity contribution in [2.75, 3.05) is 6.54 Å². The molecule has 1 aromatic heterocycles. The van der Waals surface area contributed by atoms with Gasteiger partial charge in [-0.3, -0.25) is 0 Å². The molecule has 1 heterocycles. The van der Waals surface area contributed by atoms with E-state index < -0.39 is 0 Å². The van der Waals surface area contributed by atoms with Gasteiger partial charge < -0.3 is 9.73 Å². The highest BCUT2D eigenvalue weighted by Crippen LogP contribution is 2.12. The van der Waals surface area contributed by atoms with Gasteiger partial charge in [0.2, 0.25) is 0 Å². The number of unbranched alkanes of at least 4 members (excludes halogenated alkanes) is 1. The second kappa shape index (κ2) is 7.50. The molecule has 16 heavy (non-hydrogen) atoms. The Morgan fingerprint density at radius 2 is 2.12 bits per heavy atom. The van der Waals surface area contributed by atoms with Crippen LogP contribution in [0.25, 0.3) is 0 Å². The van der Waals surface area contributed by atoms with Gasteiger partial charge in [-0.2, -0.15) is 0 Å². The van der Waals surface area contributed by atoms with E-state index in [1.807, 2.05) is 13.0 Å². The molecule has 1 N–H and O–H groups in total. The van der Waals surface area contributed by atoms with Crippen molar-refractivity contribution in [2.24, 2.45) is 5.92 Å². The Bertz CT molecular complexity index is 280. The molecule has 0 spiro atoms. The minimum atomic E-state index is 0.816. The predicted molar refractivity (Wildman–Crippen MR) is 68.5 cm³/mol. The molecule has 0 fully saturated rings. The molecule has 0 amide bonds. The number of aryl methyl sites for hydroxylation is 1. The normalized spacial score (nSPS) is 12.9. The molecule has 0 aliphatic carbocycles. The predicted octanol–water partition coefficient (Wildman–Crippen LogP) is 3.89. The van der Waals surface area contributed by atoms with Crippen LogP contribution >= 0.6 is 0 Å². The molecule has 0 aliphatic heterocycles. The van der Waals surface area contributed by atoms with Gasteiger partial charge in [0.15, 0.2) is 0 Å². The molecule has 1 rings (SSSR count). The first-order chi connectivity index (χ1) is 7.76. The summed E-state index contributed by atoms with van der Waals surface area (Å²) in [5.74, 6) is 2.86. The average molecular weight is 223 g/mol. The lowest BCUT2D eigenvalue weighted by Gasteiger charge is -2.14. The first-order valence-corrected chi connectivity index (χ1v) is 6.52. The molecule has 1 atom stereocenters. The summed E-state index contributed by atoms with van der Waals surface area (Å²) in [6, 6.07) is 4.07. The van der Waals surface area contributed by atoms with Crippen molar-refractivity contribution >= 4 is 0 Å². The number of furan rings is 1. The zero-order valence-corrected chi connectivity index (χ0v) is 10.9. The first kappa shape index (κ1) is 13.3. The van der Waals surface area contributed by atoms with E-state index in [1.54, 1.807) is 0 Å². The molecule has 0 radical (unpaired) electrons. The number of hydrogen-bond donors (Lipinski definition) is 1. The molecular formula is C14H25NO. The second-order valence-corrected chi connectivity index (χ2v) is 4.56. The first-order valence-electron chi connectivity index (χ1n) is 6.52. The molecule has 0 saturated carbocycles. The van der Waals surface area contributed by atoms with E-state index in [0.717, 1.165) is 30.5 Å². The fraction of sp³-hybridized carbons (Fsp3) is 0.714. The van der Waals surface area contributed by atoms with Crippen molar-refractivity contribution in [3.8, 4) is 0 Å². The smallest absolute Gasteiger partial charge is 0.117 e. The number of rotatable bonds is 8. The van der Waals surface area contributed by atoms with Crippen LogP contribution in [0.3, 0.4) is 0 Å². The van der Waals surface area contributed by atoms with E-state index in [-0.39, 0.29) is 0 Å². The zero-order valence-electron chi connectivity index (χ0n) is 10.9. The highest BCUT2D eigenvalue weighted by atomic mass is 16.3. The van der Waals surface area contributed by atoms with E-state index >= 15 is 0 Å². The maximum atomic E-state index is 5.52. The Balaban J connectivity index is 2.17. The molecular weight excluding hydrogens is 198 g/mol. The lowest BCUT2D eigenvalue weighted by atomic mass is 9.99. The van der Waals surface area contributed by atoms with Gasteiger partial charge in [-0.05, 0) is 37.9 Å². The maximum Gasteiger partial charge on any atom is 0.117 e. The number of hydrogen-bond acceptors (Lipinski definition) is 2. The van der Waals surface area contributed by atoms with E-state index in [1.165, 1.54) is 25.7 Å². The Kier molecular flexibility index (Phi) is 6.24. The fourth-order valence-electron chi connectivity index (χ4n) is 1.92. The van der Waals surface area contributed by atoms with Crippen molar-refractivity contribution in [1.29, 1.82) is 0 Å².